The Bertz CT molecular complexity index is 336. The van der Waals surface area contributed by atoms with Gasteiger partial charge in [-0.3, -0.25) is 8.89 Å². The quantitative estimate of drug-likeness (QED) is 0.753. The van der Waals surface area contributed by atoms with Crippen molar-refractivity contribution in [3.05, 3.63) is 6.20 Å². The fraction of sp³-hybridized carbons (Fsp3) is 0.625. The van der Waals surface area contributed by atoms with Crippen LogP contribution in [0, 0.1) is 0 Å². The van der Waals surface area contributed by atoms with Crippen molar-refractivity contribution in [3.8, 4) is 0 Å². The van der Waals surface area contributed by atoms with Crippen molar-refractivity contribution in [2.24, 2.45) is 7.05 Å². The van der Waals surface area contributed by atoms with Gasteiger partial charge in [0.25, 0.3) is 0 Å². The van der Waals surface area contributed by atoms with E-state index >= 15 is 0 Å². The molecule has 5 nitrogen and oxygen atoms in total. The van der Waals surface area contributed by atoms with E-state index in [-0.39, 0.29) is 6.04 Å². The molecule has 1 rings (SSSR count). The van der Waals surface area contributed by atoms with Crippen LogP contribution in [0.3, 0.4) is 0 Å². The van der Waals surface area contributed by atoms with E-state index in [1.165, 1.54) is 0 Å². The number of anilines is 2. The molecular weight excluding hydrogens is 200 g/mol. The molecule has 0 amide bonds. The summed E-state index contributed by atoms with van der Waals surface area (Å²) in [5.74, 6) is 1.25. The van der Waals surface area contributed by atoms with Crippen molar-refractivity contribution < 1.29 is 4.21 Å². The van der Waals surface area contributed by atoms with E-state index in [9.17, 15) is 4.21 Å². The van der Waals surface area contributed by atoms with E-state index in [0.29, 0.717) is 17.3 Å². The SMILES string of the molecule is CC(CS(C)=O)Nc1nn(C)cc1N. The Morgan fingerprint density at radius 1 is 1.79 bits per heavy atom. The van der Waals surface area contributed by atoms with Gasteiger partial charge in [0, 0.05) is 42.1 Å². The Morgan fingerprint density at radius 3 is 2.86 bits per heavy atom. The Balaban J connectivity index is 2.59. The summed E-state index contributed by atoms with van der Waals surface area (Å²) in [5, 5.41) is 7.25. The van der Waals surface area contributed by atoms with Crippen LogP contribution in [0.2, 0.25) is 0 Å². The molecule has 0 saturated carbocycles. The number of aryl methyl sites for hydroxylation is 1. The molecule has 2 unspecified atom stereocenters. The molecule has 1 aromatic heterocycles. The third-order valence-corrected chi connectivity index (χ3v) is 2.69. The minimum absolute atomic E-state index is 0.109. The van der Waals surface area contributed by atoms with Crippen LogP contribution < -0.4 is 11.1 Å². The standard InChI is InChI=1S/C8H16N4OS/c1-6(5-14(3)13)10-8-7(9)4-12(2)11-8/h4,6H,5,9H2,1-3H3,(H,10,11). The van der Waals surface area contributed by atoms with Gasteiger partial charge >= 0.3 is 0 Å². The first-order valence-corrected chi connectivity index (χ1v) is 6.07. The molecule has 14 heavy (non-hydrogen) atoms. The van der Waals surface area contributed by atoms with Crippen LogP contribution in [-0.2, 0) is 17.8 Å². The third-order valence-electron chi connectivity index (χ3n) is 1.72. The van der Waals surface area contributed by atoms with E-state index in [2.05, 4.69) is 10.4 Å². The molecule has 1 aromatic rings. The highest BCUT2D eigenvalue weighted by molar-refractivity contribution is 7.84. The third kappa shape index (κ3) is 3.02. The van der Waals surface area contributed by atoms with Gasteiger partial charge < -0.3 is 11.1 Å². The van der Waals surface area contributed by atoms with E-state index < -0.39 is 10.8 Å². The van der Waals surface area contributed by atoms with E-state index in [1.807, 2.05) is 14.0 Å². The van der Waals surface area contributed by atoms with Crippen molar-refractivity contribution in [3.63, 3.8) is 0 Å². The smallest absolute Gasteiger partial charge is 0.171 e. The summed E-state index contributed by atoms with van der Waals surface area (Å²) in [6, 6.07) is 0.109. The Morgan fingerprint density at radius 2 is 2.43 bits per heavy atom. The minimum atomic E-state index is -0.807. The number of hydrogen-bond donors (Lipinski definition) is 2. The molecule has 0 bridgehead atoms. The molecule has 6 heteroatoms. The second-order valence-corrected chi connectivity index (χ2v) is 4.87. The number of aromatic nitrogens is 2. The van der Waals surface area contributed by atoms with Crippen molar-refractivity contribution >= 4 is 22.3 Å². The summed E-state index contributed by atoms with van der Waals surface area (Å²) < 4.78 is 12.6. The number of nitrogens with one attached hydrogen (secondary N) is 1. The van der Waals surface area contributed by atoms with Crippen molar-refractivity contribution in [1.82, 2.24) is 9.78 Å². The van der Waals surface area contributed by atoms with E-state index in [4.69, 9.17) is 5.73 Å². The van der Waals surface area contributed by atoms with Crippen LogP contribution >= 0.6 is 0 Å². The molecule has 80 valence electrons. The van der Waals surface area contributed by atoms with Crippen LogP contribution in [0.4, 0.5) is 11.5 Å². The summed E-state index contributed by atoms with van der Waals surface area (Å²) in [5.41, 5.74) is 6.31. The highest BCUT2D eigenvalue weighted by Gasteiger charge is 2.08. The van der Waals surface area contributed by atoms with Crippen LogP contribution in [-0.4, -0.2) is 32.0 Å². The van der Waals surface area contributed by atoms with Gasteiger partial charge in [-0.25, -0.2) is 0 Å². The first-order valence-electron chi connectivity index (χ1n) is 4.34. The number of nitrogens with zero attached hydrogens (tertiary/aromatic N) is 2. The highest BCUT2D eigenvalue weighted by Crippen LogP contribution is 2.15. The lowest BCUT2D eigenvalue weighted by Crippen LogP contribution is -2.23. The fourth-order valence-corrected chi connectivity index (χ4v) is 2.03. The molecule has 0 aromatic carbocycles. The van der Waals surface area contributed by atoms with Crippen LogP contribution in [0.25, 0.3) is 0 Å². The second-order valence-electron chi connectivity index (χ2n) is 3.39. The summed E-state index contributed by atoms with van der Waals surface area (Å²) in [4.78, 5) is 0. The van der Waals surface area contributed by atoms with Gasteiger partial charge in [-0.05, 0) is 6.92 Å². The Kier molecular flexibility index (Phi) is 3.51. The van der Waals surface area contributed by atoms with Crippen LogP contribution in [0.15, 0.2) is 6.20 Å². The van der Waals surface area contributed by atoms with Gasteiger partial charge in [-0.15, -0.1) is 0 Å². The minimum Gasteiger partial charge on any atom is -0.394 e. The Labute approximate surface area is 86.1 Å². The van der Waals surface area contributed by atoms with Crippen molar-refractivity contribution in [2.75, 3.05) is 23.1 Å². The molecule has 2 atom stereocenters. The van der Waals surface area contributed by atoms with Gasteiger partial charge in [-0.2, -0.15) is 5.10 Å². The predicted octanol–water partition coefficient (Wildman–Crippen LogP) is 0.181. The number of rotatable bonds is 4. The lowest BCUT2D eigenvalue weighted by molar-refractivity contribution is 0.682. The molecule has 0 radical (unpaired) electrons. The average Bonchev–Trinajstić information content (AvgIpc) is 2.28. The van der Waals surface area contributed by atoms with E-state index in [1.54, 1.807) is 17.1 Å². The maximum Gasteiger partial charge on any atom is 0.171 e. The molecule has 3 N–H and O–H groups in total. The molecule has 0 aliphatic rings. The van der Waals surface area contributed by atoms with Crippen molar-refractivity contribution in [1.29, 1.82) is 0 Å². The second kappa shape index (κ2) is 4.45. The average molecular weight is 216 g/mol. The molecular formula is C8H16N4OS. The van der Waals surface area contributed by atoms with Crippen LogP contribution in [0.1, 0.15) is 6.92 Å². The maximum absolute atomic E-state index is 10.9. The normalized spacial score (nSPS) is 15.1. The summed E-state index contributed by atoms with van der Waals surface area (Å²) in [6.07, 6.45) is 3.41. The molecule has 0 aliphatic heterocycles. The first-order chi connectivity index (χ1) is 6.49. The predicted molar refractivity (Wildman–Crippen MR) is 59.6 cm³/mol. The maximum atomic E-state index is 10.9. The number of nitrogen functional groups attached to an aromatic ring is 1. The summed E-state index contributed by atoms with van der Waals surface area (Å²) in [7, 11) is 1.00. The monoisotopic (exact) mass is 216 g/mol. The zero-order valence-electron chi connectivity index (χ0n) is 8.65. The zero-order chi connectivity index (χ0) is 10.7. The van der Waals surface area contributed by atoms with Gasteiger partial charge in [0.15, 0.2) is 5.82 Å². The lowest BCUT2D eigenvalue weighted by atomic mass is 10.4. The zero-order valence-corrected chi connectivity index (χ0v) is 9.47. The fourth-order valence-electron chi connectivity index (χ4n) is 1.25. The number of nitrogens with two attached hydrogens (primary N) is 1. The largest absolute Gasteiger partial charge is 0.394 e. The van der Waals surface area contributed by atoms with Gasteiger partial charge in [0.2, 0.25) is 0 Å². The van der Waals surface area contributed by atoms with Gasteiger partial charge in [0.05, 0.1) is 5.69 Å². The van der Waals surface area contributed by atoms with Gasteiger partial charge in [0.1, 0.15) is 0 Å². The van der Waals surface area contributed by atoms with Gasteiger partial charge in [-0.1, -0.05) is 0 Å². The van der Waals surface area contributed by atoms with Crippen molar-refractivity contribution in [2.45, 2.75) is 13.0 Å². The molecule has 0 saturated heterocycles. The molecule has 0 aliphatic carbocycles. The first kappa shape index (κ1) is 11.0. The molecule has 0 spiro atoms. The lowest BCUT2D eigenvalue weighted by Gasteiger charge is -2.11. The summed E-state index contributed by atoms with van der Waals surface area (Å²) in [6.45, 7) is 1.95. The molecule has 1 heterocycles. The summed E-state index contributed by atoms with van der Waals surface area (Å²) >= 11 is 0. The number of hydrogen-bond acceptors (Lipinski definition) is 4. The van der Waals surface area contributed by atoms with Crippen LogP contribution in [0.5, 0.6) is 0 Å². The topological polar surface area (TPSA) is 72.9 Å². The highest BCUT2D eigenvalue weighted by atomic mass is 32.2. The Hall–Kier alpha value is -1.04. The molecule has 0 fully saturated rings. The van der Waals surface area contributed by atoms with E-state index in [0.717, 1.165) is 0 Å².